The van der Waals surface area contributed by atoms with Crippen LogP contribution in [0.3, 0.4) is 0 Å². The first-order chi connectivity index (χ1) is 9.11. The first-order valence-electron chi connectivity index (χ1n) is 5.76. The highest BCUT2D eigenvalue weighted by Gasteiger charge is 2.12. The van der Waals surface area contributed by atoms with Crippen molar-refractivity contribution in [2.24, 2.45) is 0 Å². The van der Waals surface area contributed by atoms with E-state index in [-0.39, 0.29) is 0 Å². The second-order valence-electron chi connectivity index (χ2n) is 4.07. The van der Waals surface area contributed by atoms with Gasteiger partial charge in [-0.1, -0.05) is 18.2 Å². The van der Waals surface area contributed by atoms with Gasteiger partial charge < -0.3 is 9.84 Å². The Kier molecular flexibility index (Phi) is 4.20. The van der Waals surface area contributed by atoms with Crippen LogP contribution in [0.1, 0.15) is 24.2 Å². The molecule has 0 fully saturated rings. The summed E-state index contributed by atoms with van der Waals surface area (Å²) >= 11 is 3.40. The molecule has 0 saturated carbocycles. The smallest absolute Gasteiger partial charge is 0.141 e. The third-order valence-corrected chi connectivity index (χ3v) is 3.30. The maximum absolute atomic E-state index is 9.74. The monoisotopic (exact) mass is 317 g/mol. The van der Waals surface area contributed by atoms with Crippen molar-refractivity contribution in [3.63, 3.8) is 0 Å². The van der Waals surface area contributed by atoms with Crippen LogP contribution in [0.4, 0.5) is 0 Å². The molecule has 19 heavy (non-hydrogen) atoms. The number of aliphatic hydroxyl groups excluding tert-OH is 1. The van der Waals surface area contributed by atoms with Gasteiger partial charge in [0, 0.05) is 5.56 Å². The fourth-order valence-corrected chi connectivity index (χ4v) is 2.05. The van der Waals surface area contributed by atoms with E-state index in [0.717, 1.165) is 4.47 Å². The Morgan fingerprint density at radius 3 is 2.58 bits per heavy atom. The highest BCUT2D eigenvalue weighted by molar-refractivity contribution is 9.10. The van der Waals surface area contributed by atoms with Gasteiger partial charge in [-0.15, -0.1) is 0 Å². The van der Waals surface area contributed by atoms with Crippen LogP contribution in [-0.4, -0.2) is 5.11 Å². The normalized spacial score (nSPS) is 11.7. The highest BCUT2D eigenvalue weighted by Crippen LogP contribution is 2.34. The van der Waals surface area contributed by atoms with E-state index in [1.807, 2.05) is 24.3 Å². The molecule has 0 amide bonds. The molecule has 96 valence electrons. The van der Waals surface area contributed by atoms with E-state index < -0.39 is 6.10 Å². The first-order valence-corrected chi connectivity index (χ1v) is 6.55. The van der Waals surface area contributed by atoms with Gasteiger partial charge in [0.2, 0.25) is 0 Å². The van der Waals surface area contributed by atoms with Crippen molar-refractivity contribution >= 4 is 15.9 Å². The summed E-state index contributed by atoms with van der Waals surface area (Å²) in [5, 5.41) is 18.7. The van der Waals surface area contributed by atoms with Gasteiger partial charge in [0.15, 0.2) is 0 Å². The van der Waals surface area contributed by atoms with Crippen LogP contribution in [0, 0.1) is 11.3 Å². The molecule has 1 atom stereocenters. The number of rotatable bonds is 3. The lowest BCUT2D eigenvalue weighted by atomic mass is 10.1. The summed E-state index contributed by atoms with van der Waals surface area (Å²) in [5.74, 6) is 1.13. The van der Waals surface area contributed by atoms with Crippen LogP contribution in [0.2, 0.25) is 0 Å². The molecular formula is C15H12BrNO2. The topological polar surface area (TPSA) is 53.2 Å². The summed E-state index contributed by atoms with van der Waals surface area (Å²) < 4.78 is 6.60. The van der Waals surface area contributed by atoms with Gasteiger partial charge in [-0.25, -0.2) is 0 Å². The molecule has 0 radical (unpaired) electrons. The molecule has 2 aromatic carbocycles. The van der Waals surface area contributed by atoms with Crippen LogP contribution in [0.25, 0.3) is 0 Å². The van der Waals surface area contributed by atoms with Gasteiger partial charge in [-0.05, 0) is 47.1 Å². The van der Waals surface area contributed by atoms with Crippen LogP contribution in [0.5, 0.6) is 11.5 Å². The minimum Gasteiger partial charge on any atom is -0.456 e. The maximum atomic E-state index is 9.74. The van der Waals surface area contributed by atoms with E-state index in [1.165, 1.54) is 0 Å². The molecule has 2 rings (SSSR count). The number of hydrogen-bond acceptors (Lipinski definition) is 3. The molecule has 0 aromatic heterocycles. The average molecular weight is 318 g/mol. The Bertz CT molecular complexity index is 632. The summed E-state index contributed by atoms with van der Waals surface area (Å²) in [5.41, 5.74) is 1.14. The number of hydrogen-bond donors (Lipinski definition) is 1. The zero-order valence-corrected chi connectivity index (χ0v) is 11.9. The Labute approximate surface area is 120 Å². The third-order valence-electron chi connectivity index (χ3n) is 2.65. The summed E-state index contributed by atoms with van der Waals surface area (Å²) in [7, 11) is 0. The van der Waals surface area contributed by atoms with Crippen LogP contribution in [0.15, 0.2) is 46.9 Å². The lowest BCUT2D eigenvalue weighted by molar-refractivity contribution is 0.195. The molecule has 1 unspecified atom stereocenters. The van der Waals surface area contributed by atoms with E-state index in [1.54, 1.807) is 25.1 Å². The van der Waals surface area contributed by atoms with Crippen molar-refractivity contribution in [3.05, 3.63) is 58.1 Å². The van der Waals surface area contributed by atoms with Crippen molar-refractivity contribution in [2.45, 2.75) is 13.0 Å². The zero-order chi connectivity index (χ0) is 13.8. The van der Waals surface area contributed by atoms with Gasteiger partial charge in [0.1, 0.15) is 11.5 Å². The first kappa shape index (κ1) is 13.6. The van der Waals surface area contributed by atoms with Crippen molar-refractivity contribution in [2.75, 3.05) is 0 Å². The van der Waals surface area contributed by atoms with Crippen molar-refractivity contribution < 1.29 is 9.84 Å². The maximum Gasteiger partial charge on any atom is 0.141 e. The molecular weight excluding hydrogens is 306 g/mol. The molecule has 0 aliphatic carbocycles. The van der Waals surface area contributed by atoms with Gasteiger partial charge >= 0.3 is 0 Å². The molecule has 0 spiro atoms. The number of nitrogens with zero attached hydrogens (tertiary/aromatic N) is 1. The summed E-state index contributed by atoms with van der Waals surface area (Å²) in [6, 6.07) is 14.5. The SMILES string of the molecule is CC(O)c1ccc(C#N)cc1Oc1ccccc1Br. The average Bonchev–Trinajstić information content (AvgIpc) is 2.41. The van der Waals surface area contributed by atoms with E-state index in [4.69, 9.17) is 10.00 Å². The molecule has 1 N–H and O–H groups in total. The van der Waals surface area contributed by atoms with Crippen LogP contribution in [-0.2, 0) is 0 Å². The number of ether oxygens (including phenoxy) is 1. The molecule has 2 aromatic rings. The van der Waals surface area contributed by atoms with E-state index in [9.17, 15) is 5.11 Å². The predicted molar refractivity (Wildman–Crippen MR) is 76.0 cm³/mol. The van der Waals surface area contributed by atoms with Crippen molar-refractivity contribution in [3.8, 4) is 17.6 Å². The lowest BCUT2D eigenvalue weighted by Crippen LogP contribution is -1.97. The van der Waals surface area contributed by atoms with Crippen LogP contribution >= 0.6 is 15.9 Å². The van der Waals surface area contributed by atoms with E-state index in [0.29, 0.717) is 22.6 Å². The van der Waals surface area contributed by atoms with E-state index >= 15 is 0 Å². The Morgan fingerprint density at radius 1 is 1.21 bits per heavy atom. The number of nitriles is 1. The minimum absolute atomic E-state index is 0.487. The third kappa shape index (κ3) is 3.14. The molecule has 0 aliphatic heterocycles. The predicted octanol–water partition coefficient (Wildman–Crippen LogP) is 4.17. The molecule has 4 heteroatoms. The van der Waals surface area contributed by atoms with Crippen molar-refractivity contribution in [1.29, 1.82) is 5.26 Å². The fourth-order valence-electron chi connectivity index (χ4n) is 1.68. The molecule has 0 saturated heterocycles. The van der Waals surface area contributed by atoms with Gasteiger partial charge in [0.05, 0.1) is 22.2 Å². The zero-order valence-electron chi connectivity index (χ0n) is 10.3. The second kappa shape index (κ2) is 5.87. The molecule has 0 bridgehead atoms. The highest BCUT2D eigenvalue weighted by atomic mass is 79.9. The Hall–Kier alpha value is -1.83. The fraction of sp³-hybridized carbons (Fsp3) is 0.133. The standard InChI is InChI=1S/C15H12BrNO2/c1-10(18)12-7-6-11(9-17)8-15(12)19-14-5-3-2-4-13(14)16/h2-8,10,18H,1H3. The van der Waals surface area contributed by atoms with Gasteiger partial charge in [0.25, 0.3) is 0 Å². The number of benzene rings is 2. The minimum atomic E-state index is -0.662. The van der Waals surface area contributed by atoms with Gasteiger partial charge in [-0.3, -0.25) is 0 Å². The largest absolute Gasteiger partial charge is 0.456 e. The number of aliphatic hydroxyl groups is 1. The summed E-state index contributed by atoms with van der Waals surface area (Å²) in [6.07, 6.45) is -0.662. The summed E-state index contributed by atoms with van der Waals surface area (Å²) in [4.78, 5) is 0. The van der Waals surface area contributed by atoms with Gasteiger partial charge in [-0.2, -0.15) is 5.26 Å². The van der Waals surface area contributed by atoms with Crippen LogP contribution < -0.4 is 4.74 Å². The second-order valence-corrected chi connectivity index (χ2v) is 4.93. The quantitative estimate of drug-likeness (QED) is 0.924. The summed E-state index contributed by atoms with van der Waals surface area (Å²) in [6.45, 7) is 1.66. The Morgan fingerprint density at radius 2 is 1.95 bits per heavy atom. The number of para-hydroxylation sites is 1. The van der Waals surface area contributed by atoms with Crippen molar-refractivity contribution in [1.82, 2.24) is 0 Å². The lowest BCUT2D eigenvalue weighted by Gasteiger charge is -2.14. The Balaban J connectivity index is 2.44. The molecule has 0 heterocycles. The number of halogens is 1. The van der Waals surface area contributed by atoms with E-state index in [2.05, 4.69) is 22.0 Å². The molecule has 0 aliphatic rings. The molecule has 3 nitrogen and oxygen atoms in total.